The Labute approximate surface area is 226 Å². The van der Waals surface area contributed by atoms with Crippen LogP contribution < -0.4 is 11.2 Å². The van der Waals surface area contributed by atoms with Gasteiger partial charge in [0, 0.05) is 18.2 Å². The molecule has 0 aliphatic carbocycles. The number of hydrazone groups is 1. The first-order valence-corrected chi connectivity index (χ1v) is 11.6. The lowest BCUT2D eigenvalue weighted by atomic mass is 9.99. The van der Waals surface area contributed by atoms with Crippen molar-refractivity contribution in [3.8, 4) is 17.2 Å². The fourth-order valence-corrected chi connectivity index (χ4v) is 3.32. The van der Waals surface area contributed by atoms with Gasteiger partial charge in [0.25, 0.3) is 5.91 Å². The molecule has 40 heavy (non-hydrogen) atoms. The minimum Gasteiger partial charge on any atom is -0.475 e. The average Bonchev–Trinajstić information content (AvgIpc) is 2.93. The molecule has 208 valence electrons. The van der Waals surface area contributed by atoms with Crippen molar-refractivity contribution in [3.05, 3.63) is 89.2 Å². The third-order valence-electron chi connectivity index (χ3n) is 5.12. The van der Waals surface area contributed by atoms with Crippen LogP contribution in [0.2, 0.25) is 0 Å². The number of nitrogens with zero attached hydrogens (tertiary/aromatic N) is 3. The van der Waals surface area contributed by atoms with Gasteiger partial charge in [-0.15, -0.1) is 0 Å². The third kappa shape index (κ3) is 9.25. The minimum atomic E-state index is -5.08. The van der Waals surface area contributed by atoms with Gasteiger partial charge in [-0.2, -0.15) is 23.5 Å². The first-order chi connectivity index (χ1) is 19.0. The maximum Gasteiger partial charge on any atom is 0.490 e. The summed E-state index contributed by atoms with van der Waals surface area (Å²) in [7, 11) is 0. The molecule has 0 fully saturated rings. The first kappa shape index (κ1) is 31.0. The Bertz CT molecular complexity index is 1400. The van der Waals surface area contributed by atoms with Crippen molar-refractivity contribution in [1.82, 2.24) is 10.3 Å². The monoisotopic (exact) mass is 555 g/mol. The third-order valence-corrected chi connectivity index (χ3v) is 5.12. The zero-order valence-corrected chi connectivity index (χ0v) is 21.1. The fraction of sp³-hybridized carbons (Fsp3) is 0.185. The van der Waals surface area contributed by atoms with Crippen LogP contribution in [0.1, 0.15) is 34.1 Å². The highest BCUT2D eigenvalue weighted by molar-refractivity contribution is 5.97. The van der Waals surface area contributed by atoms with Gasteiger partial charge in [-0.1, -0.05) is 30.3 Å². The molecule has 1 aromatic heterocycles. The van der Waals surface area contributed by atoms with Crippen LogP contribution >= 0.6 is 0 Å². The van der Waals surface area contributed by atoms with E-state index in [4.69, 9.17) is 20.5 Å². The largest absolute Gasteiger partial charge is 0.490 e. The number of carboxylic acids is 1. The highest BCUT2D eigenvalue weighted by atomic mass is 19.4. The number of nitrogens with two attached hydrogens (primary N) is 1. The summed E-state index contributed by atoms with van der Waals surface area (Å²) in [5.41, 5.74) is 3.84. The van der Waals surface area contributed by atoms with Gasteiger partial charge in [-0.05, 0) is 53.9 Å². The van der Waals surface area contributed by atoms with E-state index in [9.17, 15) is 28.0 Å². The van der Waals surface area contributed by atoms with Crippen LogP contribution in [0, 0.1) is 11.3 Å². The Morgan fingerprint density at radius 1 is 1.18 bits per heavy atom. The second-order valence-corrected chi connectivity index (χ2v) is 7.89. The summed E-state index contributed by atoms with van der Waals surface area (Å²) in [6.45, 7) is 1.90. The van der Waals surface area contributed by atoms with E-state index in [1.165, 1.54) is 6.21 Å². The van der Waals surface area contributed by atoms with Crippen molar-refractivity contribution >= 4 is 24.1 Å². The molecule has 0 radical (unpaired) electrons. The lowest BCUT2D eigenvalue weighted by molar-refractivity contribution is -0.192. The van der Waals surface area contributed by atoms with E-state index >= 15 is 0 Å². The fourth-order valence-electron chi connectivity index (χ4n) is 3.32. The zero-order chi connectivity index (χ0) is 29.7. The van der Waals surface area contributed by atoms with E-state index in [0.717, 1.165) is 16.7 Å². The summed E-state index contributed by atoms with van der Waals surface area (Å²) in [5.74, 6) is 1.48. The van der Waals surface area contributed by atoms with Crippen molar-refractivity contribution in [1.29, 1.82) is 5.26 Å². The number of benzene rings is 2. The van der Waals surface area contributed by atoms with E-state index in [1.807, 2.05) is 12.1 Å². The standard InChI is InChI=1S/C25H23N5O3.C2HF3O2/c1-2-33-25(32)23(14-17-11-12-28-21(13-17)16-29-27)30-24(31)19-9-7-18(8-10-19)22-6-4-3-5-20(22)15-26;3-2(4,5)1(6)7/h3-13,16,23H,2,14,27H2,1H3,(H,30,31);(H,6,7)/t23-;/m0./s1. The van der Waals surface area contributed by atoms with Crippen LogP contribution in [0.5, 0.6) is 0 Å². The number of rotatable bonds is 8. The molecule has 3 rings (SSSR count). The number of aliphatic carboxylic acids is 1. The highest BCUT2D eigenvalue weighted by Crippen LogP contribution is 2.23. The number of esters is 1. The van der Waals surface area contributed by atoms with E-state index in [2.05, 4.69) is 21.5 Å². The molecule has 1 amide bonds. The average molecular weight is 556 g/mol. The van der Waals surface area contributed by atoms with Crippen molar-refractivity contribution in [3.63, 3.8) is 0 Å². The molecule has 4 N–H and O–H groups in total. The summed E-state index contributed by atoms with van der Waals surface area (Å²) < 4.78 is 36.9. The molecule has 0 bridgehead atoms. The van der Waals surface area contributed by atoms with Crippen molar-refractivity contribution in [2.45, 2.75) is 25.6 Å². The van der Waals surface area contributed by atoms with Gasteiger partial charge in [0.05, 0.1) is 30.1 Å². The molecule has 2 aromatic carbocycles. The summed E-state index contributed by atoms with van der Waals surface area (Å²) in [6, 6.07) is 18.8. The summed E-state index contributed by atoms with van der Waals surface area (Å²) in [4.78, 5) is 38.4. The van der Waals surface area contributed by atoms with E-state index < -0.39 is 30.1 Å². The number of hydrogen-bond acceptors (Lipinski definition) is 8. The number of nitrogens with one attached hydrogen (secondary N) is 1. The number of carboxylic acid groups (broad SMARTS) is 1. The van der Waals surface area contributed by atoms with Crippen molar-refractivity contribution < 1.29 is 37.4 Å². The van der Waals surface area contributed by atoms with E-state index in [1.54, 1.807) is 61.7 Å². The van der Waals surface area contributed by atoms with Gasteiger partial charge < -0.3 is 21.0 Å². The number of carbonyl (C=O) groups excluding carboxylic acids is 2. The molecule has 0 aliphatic rings. The van der Waals surface area contributed by atoms with Crippen LogP contribution in [-0.4, -0.2) is 53.0 Å². The van der Waals surface area contributed by atoms with Crippen molar-refractivity contribution in [2.24, 2.45) is 10.9 Å². The predicted octanol–water partition coefficient (Wildman–Crippen LogP) is 3.45. The number of alkyl halides is 3. The lowest BCUT2D eigenvalue weighted by Crippen LogP contribution is -2.43. The maximum atomic E-state index is 12.9. The summed E-state index contributed by atoms with van der Waals surface area (Å²) in [5, 5.41) is 22.6. The van der Waals surface area contributed by atoms with Gasteiger partial charge in [0.2, 0.25) is 0 Å². The normalized spacial score (nSPS) is 11.5. The Morgan fingerprint density at radius 3 is 2.40 bits per heavy atom. The highest BCUT2D eigenvalue weighted by Gasteiger charge is 2.38. The van der Waals surface area contributed by atoms with E-state index in [0.29, 0.717) is 16.8 Å². The summed E-state index contributed by atoms with van der Waals surface area (Å²) in [6.07, 6.45) is -1.90. The number of carbonyl (C=O) groups is 3. The van der Waals surface area contributed by atoms with Crippen LogP contribution in [0.4, 0.5) is 13.2 Å². The molecule has 3 aromatic rings. The SMILES string of the molecule is CCOC(=O)[C@H](Cc1ccnc(C=NN)c1)NC(=O)c1ccc(-c2ccccc2C#N)cc1.O=C(O)C(F)(F)F. The molecule has 0 saturated heterocycles. The second-order valence-electron chi connectivity index (χ2n) is 7.89. The Kier molecular flexibility index (Phi) is 11.3. The minimum absolute atomic E-state index is 0.194. The Hall–Kier alpha value is -5.25. The second kappa shape index (κ2) is 14.6. The summed E-state index contributed by atoms with van der Waals surface area (Å²) >= 11 is 0. The van der Waals surface area contributed by atoms with E-state index in [-0.39, 0.29) is 13.0 Å². The van der Waals surface area contributed by atoms with Crippen LogP contribution in [0.15, 0.2) is 72.0 Å². The molecule has 0 saturated carbocycles. The molecule has 10 nitrogen and oxygen atoms in total. The number of nitriles is 1. The van der Waals surface area contributed by atoms with Gasteiger partial charge in [0.15, 0.2) is 0 Å². The van der Waals surface area contributed by atoms with Crippen LogP contribution in [0.25, 0.3) is 11.1 Å². The number of amides is 1. The number of aromatic nitrogens is 1. The molecular weight excluding hydrogens is 531 g/mol. The van der Waals surface area contributed by atoms with Crippen LogP contribution in [0.3, 0.4) is 0 Å². The predicted molar refractivity (Wildman–Crippen MR) is 138 cm³/mol. The van der Waals surface area contributed by atoms with Gasteiger partial charge in [-0.25, -0.2) is 9.59 Å². The molecule has 0 spiro atoms. The molecule has 13 heteroatoms. The topological polar surface area (TPSA) is 168 Å². The van der Waals surface area contributed by atoms with Crippen LogP contribution in [-0.2, 0) is 20.7 Å². The quantitative estimate of drug-likeness (QED) is 0.164. The smallest absolute Gasteiger partial charge is 0.475 e. The molecule has 0 unspecified atom stereocenters. The molecule has 0 aliphatic heterocycles. The molecule has 1 atom stereocenters. The number of halogens is 3. The van der Waals surface area contributed by atoms with Gasteiger partial charge >= 0.3 is 18.1 Å². The maximum absolute atomic E-state index is 12.9. The molecule has 1 heterocycles. The van der Waals surface area contributed by atoms with Gasteiger partial charge in [0.1, 0.15) is 6.04 Å². The lowest BCUT2D eigenvalue weighted by Gasteiger charge is -2.18. The number of hydrogen-bond donors (Lipinski definition) is 3. The molecular formula is C27H24F3N5O5. The Morgan fingerprint density at radius 2 is 1.82 bits per heavy atom. The zero-order valence-electron chi connectivity index (χ0n) is 21.1. The number of pyridine rings is 1. The Balaban J connectivity index is 0.000000708. The van der Waals surface area contributed by atoms with Crippen molar-refractivity contribution in [2.75, 3.05) is 6.61 Å². The van der Waals surface area contributed by atoms with Gasteiger partial charge in [-0.3, -0.25) is 9.78 Å². The first-order valence-electron chi connectivity index (χ1n) is 11.6. The number of ether oxygens (including phenoxy) is 1.